The number of para-hydroxylation sites is 2. The Kier molecular flexibility index (Phi) is 5.06. The molecule has 1 heterocycles. The Morgan fingerprint density at radius 3 is 1.96 bits per heavy atom. The van der Waals surface area contributed by atoms with Crippen LogP contribution in [0.2, 0.25) is 0 Å². The van der Waals surface area contributed by atoms with Crippen molar-refractivity contribution in [2.24, 2.45) is 0 Å². The van der Waals surface area contributed by atoms with Gasteiger partial charge in [-0.3, -0.25) is 5.32 Å². The molecule has 120 valence electrons. The molecule has 0 spiro atoms. The molecule has 0 bridgehead atoms. The lowest BCUT2D eigenvalue weighted by atomic mass is 10.1. The van der Waals surface area contributed by atoms with Crippen molar-refractivity contribution in [1.29, 1.82) is 0 Å². The highest BCUT2D eigenvalue weighted by Gasteiger charge is 2.18. The zero-order chi connectivity index (χ0) is 15.7. The number of halogens is 1. The lowest BCUT2D eigenvalue weighted by Gasteiger charge is -2.11. The summed E-state index contributed by atoms with van der Waals surface area (Å²) in [5.74, 6) is 0.856. The standard InChI is InChI=1S/C18H20N4.ClH/c1-12-7-5-8-13(2)16(12)20-18-21-19-11-22(18)17-14(3)9-6-10-15(17)4;/h5-11H,1-4H3,(H,20,21);1H. The normalized spacial score (nSPS) is 10.3. The summed E-state index contributed by atoms with van der Waals surface area (Å²) < 4.78 is 2.07. The van der Waals surface area contributed by atoms with Crippen LogP contribution in [0.4, 0.5) is 11.6 Å². The Hall–Kier alpha value is -2.33. The van der Waals surface area contributed by atoms with Crippen molar-refractivity contribution in [3.05, 3.63) is 65.0 Å². The predicted octanol–water partition coefficient (Wildman–Crippen LogP) is 0.668. The molecule has 0 fully saturated rings. The van der Waals surface area contributed by atoms with Gasteiger partial charge in [0.1, 0.15) is 5.69 Å². The number of anilines is 2. The molecule has 23 heavy (non-hydrogen) atoms. The topological polar surface area (TPSA) is 44.6 Å². The molecule has 2 aromatic carbocycles. The van der Waals surface area contributed by atoms with Gasteiger partial charge < -0.3 is 12.4 Å². The molecule has 0 amide bonds. The molecule has 0 saturated carbocycles. The van der Waals surface area contributed by atoms with E-state index in [2.05, 4.69) is 84.2 Å². The molecule has 0 radical (unpaired) electrons. The quantitative estimate of drug-likeness (QED) is 0.694. The van der Waals surface area contributed by atoms with E-state index >= 15 is 0 Å². The van der Waals surface area contributed by atoms with E-state index in [0.717, 1.165) is 17.3 Å². The number of rotatable bonds is 3. The molecular weight excluding hydrogens is 308 g/mol. The number of aryl methyl sites for hydroxylation is 4. The molecule has 3 rings (SSSR count). The Morgan fingerprint density at radius 1 is 0.870 bits per heavy atom. The summed E-state index contributed by atoms with van der Waals surface area (Å²) in [5.41, 5.74) is 7.13. The van der Waals surface area contributed by atoms with Crippen molar-refractivity contribution in [2.45, 2.75) is 27.7 Å². The van der Waals surface area contributed by atoms with Crippen LogP contribution < -0.4 is 22.3 Å². The average molecular weight is 329 g/mol. The van der Waals surface area contributed by atoms with Crippen LogP contribution in [0, 0.1) is 27.7 Å². The minimum atomic E-state index is 0. The van der Waals surface area contributed by atoms with Gasteiger partial charge in [0.05, 0.1) is 5.69 Å². The molecule has 0 unspecified atom stereocenters. The maximum atomic E-state index is 4.21. The molecule has 0 aliphatic heterocycles. The fraction of sp³-hybridized carbons (Fsp3) is 0.222. The number of nitrogens with zero attached hydrogens (tertiary/aromatic N) is 2. The van der Waals surface area contributed by atoms with Gasteiger partial charge in [0, 0.05) is 0 Å². The number of aromatic nitrogens is 3. The van der Waals surface area contributed by atoms with Crippen molar-refractivity contribution in [3.8, 4) is 5.69 Å². The fourth-order valence-corrected chi connectivity index (χ4v) is 2.83. The van der Waals surface area contributed by atoms with Crippen LogP contribution in [0.1, 0.15) is 22.3 Å². The largest absolute Gasteiger partial charge is 1.00 e. The van der Waals surface area contributed by atoms with E-state index in [-0.39, 0.29) is 12.4 Å². The van der Waals surface area contributed by atoms with Gasteiger partial charge in [-0.1, -0.05) is 36.4 Å². The maximum Gasteiger partial charge on any atom is 0.351 e. The van der Waals surface area contributed by atoms with Gasteiger partial charge in [0.2, 0.25) is 6.33 Å². The molecular formula is C18H21ClN4. The van der Waals surface area contributed by atoms with Crippen molar-refractivity contribution in [3.63, 3.8) is 0 Å². The van der Waals surface area contributed by atoms with Crippen LogP contribution in [0.15, 0.2) is 42.7 Å². The van der Waals surface area contributed by atoms with Crippen LogP contribution in [-0.2, 0) is 0 Å². The fourth-order valence-electron chi connectivity index (χ4n) is 2.83. The van der Waals surface area contributed by atoms with Crippen molar-refractivity contribution in [2.75, 3.05) is 5.32 Å². The van der Waals surface area contributed by atoms with E-state index in [1.165, 1.54) is 22.3 Å². The summed E-state index contributed by atoms with van der Waals surface area (Å²) in [6.07, 6.45) is 1.81. The lowest BCUT2D eigenvalue weighted by Crippen LogP contribution is -3.00. The first-order valence-corrected chi connectivity index (χ1v) is 7.43. The number of nitrogens with one attached hydrogen (secondary N) is 2. The summed E-state index contributed by atoms with van der Waals surface area (Å²) in [7, 11) is 0. The minimum Gasteiger partial charge on any atom is -1.00 e. The molecule has 5 heteroatoms. The van der Waals surface area contributed by atoms with Crippen molar-refractivity contribution >= 4 is 11.6 Å². The molecule has 3 aromatic rings. The van der Waals surface area contributed by atoms with Gasteiger partial charge in [-0.15, -0.1) is 5.10 Å². The monoisotopic (exact) mass is 328 g/mol. The third-order valence-electron chi connectivity index (χ3n) is 3.99. The Labute approximate surface area is 143 Å². The molecule has 1 aromatic heterocycles. The number of hydrogen-bond acceptors (Lipinski definition) is 2. The first-order valence-electron chi connectivity index (χ1n) is 7.43. The SMILES string of the molecule is Cc1cccc(C)c1Nc1[nH]nc[n+]1-c1c(C)cccc1C.[Cl-]. The van der Waals surface area contributed by atoms with Gasteiger partial charge >= 0.3 is 5.95 Å². The average Bonchev–Trinajstić information content (AvgIpc) is 2.91. The third kappa shape index (κ3) is 3.22. The van der Waals surface area contributed by atoms with E-state index in [1.807, 2.05) is 6.33 Å². The lowest BCUT2D eigenvalue weighted by molar-refractivity contribution is -0.581. The Morgan fingerprint density at radius 2 is 1.39 bits per heavy atom. The number of hydrogen-bond donors (Lipinski definition) is 2. The van der Waals surface area contributed by atoms with Crippen LogP contribution in [-0.4, -0.2) is 10.2 Å². The van der Waals surface area contributed by atoms with Crippen molar-refractivity contribution < 1.29 is 17.0 Å². The third-order valence-corrected chi connectivity index (χ3v) is 3.99. The van der Waals surface area contributed by atoms with Gasteiger partial charge in [-0.05, 0) is 55.0 Å². The van der Waals surface area contributed by atoms with Gasteiger partial charge in [0.15, 0.2) is 0 Å². The molecule has 0 aliphatic rings. The predicted molar refractivity (Wildman–Crippen MR) is 88.8 cm³/mol. The summed E-state index contributed by atoms with van der Waals surface area (Å²) in [5, 5.41) is 10.8. The number of H-pyrrole nitrogens is 1. The first kappa shape index (κ1) is 17.0. The van der Waals surface area contributed by atoms with Gasteiger partial charge in [0.25, 0.3) is 0 Å². The van der Waals surface area contributed by atoms with Crippen LogP contribution >= 0.6 is 0 Å². The highest BCUT2D eigenvalue weighted by molar-refractivity contribution is 5.61. The maximum absolute atomic E-state index is 4.21. The number of aromatic amines is 1. The highest BCUT2D eigenvalue weighted by Crippen LogP contribution is 2.23. The van der Waals surface area contributed by atoms with Crippen molar-refractivity contribution in [1.82, 2.24) is 10.2 Å². The second-order valence-corrected chi connectivity index (χ2v) is 5.71. The second-order valence-electron chi connectivity index (χ2n) is 5.71. The summed E-state index contributed by atoms with van der Waals surface area (Å²) in [6.45, 7) is 8.44. The van der Waals surface area contributed by atoms with E-state index in [0.29, 0.717) is 0 Å². The van der Waals surface area contributed by atoms with Gasteiger partial charge in [-0.25, -0.2) is 0 Å². The zero-order valence-corrected chi connectivity index (χ0v) is 14.6. The molecule has 0 saturated heterocycles. The van der Waals surface area contributed by atoms with E-state index in [4.69, 9.17) is 0 Å². The van der Waals surface area contributed by atoms with E-state index in [1.54, 1.807) is 0 Å². The molecule has 0 atom stereocenters. The summed E-state index contributed by atoms with van der Waals surface area (Å²) >= 11 is 0. The van der Waals surface area contributed by atoms with Gasteiger partial charge in [-0.2, -0.15) is 4.57 Å². The Balaban J connectivity index is 0.00000192. The zero-order valence-electron chi connectivity index (χ0n) is 13.8. The Bertz CT molecular complexity index is 783. The van der Waals surface area contributed by atoms with E-state index < -0.39 is 0 Å². The van der Waals surface area contributed by atoms with Crippen LogP contribution in [0.25, 0.3) is 5.69 Å². The smallest absolute Gasteiger partial charge is 0.351 e. The minimum absolute atomic E-state index is 0. The van der Waals surface area contributed by atoms with Crippen LogP contribution in [0.5, 0.6) is 0 Å². The summed E-state index contributed by atoms with van der Waals surface area (Å²) in [4.78, 5) is 0. The second kappa shape index (κ2) is 6.84. The molecule has 0 aliphatic carbocycles. The molecule has 4 nitrogen and oxygen atoms in total. The highest BCUT2D eigenvalue weighted by atomic mass is 35.5. The molecule has 2 N–H and O–H groups in total. The first-order chi connectivity index (χ1) is 10.6. The van der Waals surface area contributed by atoms with Crippen LogP contribution in [0.3, 0.4) is 0 Å². The van der Waals surface area contributed by atoms with E-state index in [9.17, 15) is 0 Å². The summed E-state index contributed by atoms with van der Waals surface area (Å²) in [6, 6.07) is 12.6. The number of benzene rings is 2.